The molecule has 0 saturated heterocycles. The number of rotatable bonds is 7. The van der Waals surface area contributed by atoms with Gasteiger partial charge in [-0.2, -0.15) is 0 Å². The highest BCUT2D eigenvalue weighted by atomic mass is 79.9. The zero-order valence-electron chi connectivity index (χ0n) is 14.4. The van der Waals surface area contributed by atoms with Crippen molar-refractivity contribution in [3.8, 4) is 11.6 Å². The molecule has 3 aromatic rings. The van der Waals surface area contributed by atoms with E-state index in [0.717, 1.165) is 5.56 Å². The molecular formula is C18H16BrClN4O2S. The molecule has 140 valence electrons. The van der Waals surface area contributed by atoms with Crippen LogP contribution in [0.3, 0.4) is 0 Å². The van der Waals surface area contributed by atoms with Crippen molar-refractivity contribution in [1.82, 2.24) is 14.8 Å². The molecule has 3 rings (SSSR count). The molecule has 1 N–H and O–H groups in total. The van der Waals surface area contributed by atoms with Crippen LogP contribution in [-0.2, 0) is 11.3 Å². The number of hydrogen-bond acceptors (Lipinski definition) is 5. The highest BCUT2D eigenvalue weighted by Crippen LogP contribution is 2.27. The van der Waals surface area contributed by atoms with Gasteiger partial charge in [0.2, 0.25) is 11.7 Å². The van der Waals surface area contributed by atoms with Gasteiger partial charge in [-0.1, -0.05) is 35.5 Å². The number of nitrogens with one attached hydrogen (secondary N) is 1. The van der Waals surface area contributed by atoms with Crippen LogP contribution < -0.4 is 5.32 Å². The van der Waals surface area contributed by atoms with Gasteiger partial charge in [0.25, 0.3) is 0 Å². The summed E-state index contributed by atoms with van der Waals surface area (Å²) in [5, 5.41) is 12.4. The first-order valence-electron chi connectivity index (χ1n) is 7.96. The van der Waals surface area contributed by atoms with E-state index in [1.165, 1.54) is 11.8 Å². The molecule has 0 aliphatic heterocycles. The van der Waals surface area contributed by atoms with Crippen LogP contribution in [-0.4, -0.2) is 26.4 Å². The Bertz CT molecular complexity index is 986. The Morgan fingerprint density at radius 3 is 2.93 bits per heavy atom. The van der Waals surface area contributed by atoms with Gasteiger partial charge in [0.05, 0.1) is 5.75 Å². The molecule has 0 aliphatic rings. The van der Waals surface area contributed by atoms with Crippen LogP contribution in [0.25, 0.3) is 11.6 Å². The summed E-state index contributed by atoms with van der Waals surface area (Å²) in [6.45, 7) is 6.18. The largest absolute Gasteiger partial charge is 0.446 e. The minimum Gasteiger partial charge on any atom is -0.446 e. The summed E-state index contributed by atoms with van der Waals surface area (Å²) in [7, 11) is 0. The number of allylic oxidation sites excluding steroid dienone is 1. The fourth-order valence-electron chi connectivity index (χ4n) is 2.35. The van der Waals surface area contributed by atoms with E-state index >= 15 is 0 Å². The van der Waals surface area contributed by atoms with Crippen LogP contribution in [0.15, 0.2) is 57.2 Å². The summed E-state index contributed by atoms with van der Waals surface area (Å²) in [6, 6.07) is 8.96. The number of thioether (sulfide) groups is 1. The predicted molar refractivity (Wildman–Crippen MR) is 111 cm³/mol. The highest BCUT2D eigenvalue weighted by Gasteiger charge is 2.17. The number of halogens is 2. The van der Waals surface area contributed by atoms with Crippen LogP contribution in [0, 0.1) is 6.92 Å². The molecule has 0 saturated carbocycles. The summed E-state index contributed by atoms with van der Waals surface area (Å²) in [6.07, 6.45) is 1.74. The van der Waals surface area contributed by atoms with Crippen molar-refractivity contribution in [2.45, 2.75) is 18.6 Å². The minimum absolute atomic E-state index is 0.152. The van der Waals surface area contributed by atoms with Gasteiger partial charge in [-0.05, 0) is 52.7 Å². The highest BCUT2D eigenvalue weighted by molar-refractivity contribution is 9.10. The third-order valence-corrected chi connectivity index (χ3v) is 5.26. The van der Waals surface area contributed by atoms with Gasteiger partial charge in [-0.25, -0.2) is 0 Å². The molecule has 1 amide bonds. The fourth-order valence-corrected chi connectivity index (χ4v) is 3.58. The van der Waals surface area contributed by atoms with Crippen molar-refractivity contribution >= 4 is 50.9 Å². The quantitative estimate of drug-likeness (QED) is 0.383. The van der Waals surface area contributed by atoms with Crippen LogP contribution in [0.4, 0.5) is 5.69 Å². The number of carbonyl (C=O) groups excluding carboxylic acids is 1. The molecule has 0 atom stereocenters. The maximum Gasteiger partial charge on any atom is 0.234 e. The Kier molecular flexibility index (Phi) is 6.41. The number of carbonyl (C=O) groups is 1. The van der Waals surface area contributed by atoms with Gasteiger partial charge in [0, 0.05) is 17.3 Å². The monoisotopic (exact) mass is 466 g/mol. The molecule has 0 bridgehead atoms. The molecule has 2 aromatic heterocycles. The number of aromatic nitrogens is 3. The third kappa shape index (κ3) is 4.82. The molecular weight excluding hydrogens is 452 g/mol. The normalized spacial score (nSPS) is 10.8. The Labute approximate surface area is 174 Å². The Hall–Kier alpha value is -2.03. The van der Waals surface area contributed by atoms with Gasteiger partial charge in [-0.3, -0.25) is 9.36 Å². The van der Waals surface area contributed by atoms with E-state index in [-0.39, 0.29) is 11.7 Å². The van der Waals surface area contributed by atoms with E-state index in [0.29, 0.717) is 38.7 Å². The van der Waals surface area contributed by atoms with Crippen molar-refractivity contribution in [3.63, 3.8) is 0 Å². The molecule has 9 heteroatoms. The number of anilines is 1. The fraction of sp³-hybridized carbons (Fsp3) is 0.167. The van der Waals surface area contributed by atoms with Crippen LogP contribution in [0.5, 0.6) is 0 Å². The summed E-state index contributed by atoms with van der Waals surface area (Å²) < 4.78 is 8.01. The number of hydrogen-bond donors (Lipinski definition) is 1. The summed E-state index contributed by atoms with van der Waals surface area (Å²) in [4.78, 5) is 12.3. The van der Waals surface area contributed by atoms with Crippen molar-refractivity contribution < 1.29 is 9.21 Å². The first-order chi connectivity index (χ1) is 13.0. The maximum atomic E-state index is 12.3. The lowest BCUT2D eigenvalue weighted by atomic mass is 10.2. The molecule has 0 unspecified atom stereocenters. The molecule has 0 fully saturated rings. The van der Waals surface area contributed by atoms with Gasteiger partial charge in [0.1, 0.15) is 0 Å². The zero-order valence-corrected chi connectivity index (χ0v) is 17.6. The second-order valence-electron chi connectivity index (χ2n) is 5.61. The number of amides is 1. The van der Waals surface area contributed by atoms with Crippen LogP contribution in [0.2, 0.25) is 5.02 Å². The average molecular weight is 468 g/mol. The van der Waals surface area contributed by atoms with Gasteiger partial charge in [-0.15, -0.1) is 16.8 Å². The molecule has 0 spiro atoms. The average Bonchev–Trinajstić information content (AvgIpc) is 3.23. The summed E-state index contributed by atoms with van der Waals surface area (Å²) in [5.41, 5.74) is 1.64. The van der Waals surface area contributed by atoms with Gasteiger partial charge >= 0.3 is 0 Å². The molecule has 6 nitrogen and oxygen atoms in total. The minimum atomic E-state index is -0.152. The van der Waals surface area contributed by atoms with Crippen molar-refractivity contribution in [1.29, 1.82) is 0 Å². The molecule has 1 aromatic carbocycles. The van der Waals surface area contributed by atoms with Crippen LogP contribution in [0.1, 0.15) is 5.56 Å². The SMILES string of the molecule is C=CCn1c(SCC(=O)Nc2cc(Cl)ccc2C)nnc1-c1ccc(Br)o1. The van der Waals surface area contributed by atoms with E-state index in [9.17, 15) is 4.79 Å². The van der Waals surface area contributed by atoms with Crippen molar-refractivity contribution in [3.05, 3.63) is 58.2 Å². The molecule has 27 heavy (non-hydrogen) atoms. The lowest BCUT2D eigenvalue weighted by molar-refractivity contribution is -0.113. The number of furan rings is 1. The van der Waals surface area contributed by atoms with E-state index in [4.69, 9.17) is 16.0 Å². The van der Waals surface area contributed by atoms with E-state index in [1.54, 1.807) is 30.3 Å². The Balaban J connectivity index is 1.72. The van der Waals surface area contributed by atoms with Crippen molar-refractivity contribution in [2.24, 2.45) is 0 Å². The number of nitrogens with zero attached hydrogens (tertiary/aromatic N) is 3. The number of benzene rings is 1. The smallest absolute Gasteiger partial charge is 0.234 e. The lowest BCUT2D eigenvalue weighted by Gasteiger charge is -2.09. The Morgan fingerprint density at radius 1 is 1.41 bits per heavy atom. The van der Waals surface area contributed by atoms with Crippen LogP contribution >= 0.6 is 39.3 Å². The van der Waals surface area contributed by atoms with E-state index in [1.807, 2.05) is 17.6 Å². The first-order valence-corrected chi connectivity index (χ1v) is 10.1. The Morgan fingerprint density at radius 2 is 2.22 bits per heavy atom. The molecule has 0 aliphatic carbocycles. The molecule has 2 heterocycles. The third-order valence-electron chi connectivity index (χ3n) is 3.63. The first kappa shape index (κ1) is 19.7. The van der Waals surface area contributed by atoms with Gasteiger partial charge < -0.3 is 9.73 Å². The topological polar surface area (TPSA) is 73.0 Å². The molecule has 0 radical (unpaired) electrons. The van der Waals surface area contributed by atoms with Crippen molar-refractivity contribution in [2.75, 3.05) is 11.1 Å². The van der Waals surface area contributed by atoms with E-state index in [2.05, 4.69) is 38.0 Å². The predicted octanol–water partition coefficient (Wildman–Crippen LogP) is 5.18. The maximum absolute atomic E-state index is 12.3. The lowest BCUT2D eigenvalue weighted by Crippen LogP contribution is -2.15. The second kappa shape index (κ2) is 8.77. The summed E-state index contributed by atoms with van der Waals surface area (Å²) >= 11 is 10.6. The van der Waals surface area contributed by atoms with E-state index < -0.39 is 0 Å². The zero-order chi connectivity index (χ0) is 19.4. The summed E-state index contributed by atoms with van der Waals surface area (Å²) in [5.74, 6) is 1.19. The number of aryl methyl sites for hydroxylation is 1. The van der Waals surface area contributed by atoms with Gasteiger partial charge in [0.15, 0.2) is 15.6 Å². The second-order valence-corrected chi connectivity index (χ2v) is 7.77. The standard InChI is InChI=1S/C18H16BrClN4O2S/c1-3-8-24-17(14-6-7-15(19)26-14)22-23-18(24)27-10-16(25)21-13-9-12(20)5-4-11(13)2/h3-7,9H,1,8,10H2,2H3,(H,21,25).